The number of nitrogen functional groups attached to an aromatic ring is 1. The third-order valence-corrected chi connectivity index (χ3v) is 2.84. The minimum atomic E-state index is 0.592. The second-order valence-electron chi connectivity index (χ2n) is 4.24. The first kappa shape index (κ1) is 10.6. The zero-order valence-corrected chi connectivity index (χ0v) is 9.56. The molecule has 3 rings (SSSR count). The molecule has 0 saturated carbocycles. The molecular weight excluding hydrogens is 218 g/mol. The van der Waals surface area contributed by atoms with E-state index in [2.05, 4.69) is 4.98 Å². The number of aromatic nitrogens is 1. The van der Waals surface area contributed by atoms with Crippen molar-refractivity contribution in [3.8, 4) is 0 Å². The van der Waals surface area contributed by atoms with E-state index < -0.39 is 0 Å². The maximum Gasteiger partial charge on any atom is 0.212 e. The van der Waals surface area contributed by atoms with Gasteiger partial charge in [-0.3, -0.25) is 4.84 Å². The fraction of sp³-hybridized carbons (Fsp3) is 0.417. The van der Waals surface area contributed by atoms with Crippen molar-refractivity contribution in [1.82, 2.24) is 10.0 Å². The van der Waals surface area contributed by atoms with Crippen LogP contribution in [0.5, 0.6) is 0 Å². The van der Waals surface area contributed by atoms with E-state index in [1.165, 1.54) is 0 Å². The molecule has 1 aromatic heterocycles. The van der Waals surface area contributed by atoms with Crippen molar-refractivity contribution in [3.63, 3.8) is 0 Å². The summed E-state index contributed by atoms with van der Waals surface area (Å²) in [5.41, 5.74) is 7.96. The van der Waals surface area contributed by atoms with Crippen molar-refractivity contribution in [2.45, 2.75) is 19.4 Å². The molecule has 0 spiro atoms. The van der Waals surface area contributed by atoms with Crippen molar-refractivity contribution >= 4 is 16.8 Å². The number of anilines is 1. The van der Waals surface area contributed by atoms with E-state index in [4.69, 9.17) is 15.0 Å². The van der Waals surface area contributed by atoms with Gasteiger partial charge in [-0.25, -0.2) is 4.98 Å². The van der Waals surface area contributed by atoms with E-state index >= 15 is 0 Å². The summed E-state index contributed by atoms with van der Waals surface area (Å²) < 4.78 is 5.64. The lowest BCUT2D eigenvalue weighted by Gasteiger charge is -2.24. The van der Waals surface area contributed by atoms with Gasteiger partial charge in [0.25, 0.3) is 0 Å². The van der Waals surface area contributed by atoms with E-state index in [-0.39, 0.29) is 0 Å². The molecule has 0 unspecified atom stereocenters. The molecule has 0 bridgehead atoms. The Bertz CT molecular complexity index is 517. The first-order valence-electron chi connectivity index (χ1n) is 5.84. The molecule has 0 atom stereocenters. The number of hydrogen-bond acceptors (Lipinski definition) is 5. The highest BCUT2D eigenvalue weighted by Crippen LogP contribution is 2.20. The van der Waals surface area contributed by atoms with Crippen LogP contribution in [0.4, 0.5) is 5.69 Å². The third-order valence-electron chi connectivity index (χ3n) is 2.84. The van der Waals surface area contributed by atoms with Crippen molar-refractivity contribution < 1.29 is 9.25 Å². The zero-order chi connectivity index (χ0) is 11.7. The first-order valence-corrected chi connectivity index (χ1v) is 5.84. The predicted molar refractivity (Wildman–Crippen MR) is 64.0 cm³/mol. The van der Waals surface area contributed by atoms with Crippen molar-refractivity contribution in [3.05, 3.63) is 24.1 Å². The fourth-order valence-electron chi connectivity index (χ4n) is 1.98. The van der Waals surface area contributed by atoms with Crippen LogP contribution in [-0.4, -0.2) is 23.2 Å². The second kappa shape index (κ2) is 4.35. The Kier molecular flexibility index (Phi) is 2.70. The van der Waals surface area contributed by atoms with Crippen LogP contribution >= 0.6 is 0 Å². The quantitative estimate of drug-likeness (QED) is 0.803. The van der Waals surface area contributed by atoms with E-state index in [0.717, 1.165) is 37.1 Å². The molecule has 17 heavy (non-hydrogen) atoms. The molecule has 1 fully saturated rings. The Morgan fingerprint density at radius 2 is 2.29 bits per heavy atom. The van der Waals surface area contributed by atoms with Gasteiger partial charge in [0.1, 0.15) is 12.1 Å². The third kappa shape index (κ3) is 2.25. The number of rotatable bonds is 2. The van der Waals surface area contributed by atoms with Crippen LogP contribution in [0.25, 0.3) is 11.1 Å². The Morgan fingerprint density at radius 3 is 3.12 bits per heavy atom. The highest BCUT2D eigenvalue weighted by Gasteiger charge is 2.14. The Labute approximate surface area is 99.1 Å². The smallest absolute Gasteiger partial charge is 0.212 e. The van der Waals surface area contributed by atoms with Crippen LogP contribution < -0.4 is 5.73 Å². The fourth-order valence-corrected chi connectivity index (χ4v) is 1.98. The van der Waals surface area contributed by atoms with Crippen LogP contribution in [0.3, 0.4) is 0 Å². The van der Waals surface area contributed by atoms with Crippen LogP contribution in [0.1, 0.15) is 18.7 Å². The molecule has 5 nitrogen and oxygen atoms in total. The normalized spacial score (nSPS) is 17.6. The zero-order valence-electron chi connectivity index (χ0n) is 9.56. The van der Waals surface area contributed by atoms with Crippen molar-refractivity contribution in [2.75, 3.05) is 18.9 Å². The van der Waals surface area contributed by atoms with Gasteiger partial charge in [-0.15, -0.1) is 0 Å². The van der Waals surface area contributed by atoms with E-state index in [9.17, 15) is 0 Å². The number of benzene rings is 1. The topological polar surface area (TPSA) is 64.5 Å². The highest BCUT2D eigenvalue weighted by molar-refractivity contribution is 5.76. The minimum Gasteiger partial charge on any atom is -0.439 e. The average molecular weight is 233 g/mol. The standard InChI is InChI=1S/C12H15N3O2/c13-9-3-4-10-11(7-9)17-12(14-10)8-15-5-1-2-6-16-15/h3-4,7H,1-2,5-6,8,13H2. The van der Waals surface area contributed by atoms with Gasteiger partial charge in [0, 0.05) is 18.3 Å². The molecule has 0 aliphatic carbocycles. The number of nitrogens with two attached hydrogens (primary N) is 1. The largest absolute Gasteiger partial charge is 0.439 e. The number of oxazole rings is 1. The van der Waals surface area contributed by atoms with Gasteiger partial charge in [-0.05, 0) is 25.0 Å². The molecule has 2 heterocycles. The lowest BCUT2D eigenvalue weighted by Crippen LogP contribution is -2.29. The molecule has 90 valence electrons. The second-order valence-corrected chi connectivity index (χ2v) is 4.24. The molecule has 5 heteroatoms. The highest BCUT2D eigenvalue weighted by atomic mass is 16.7. The Morgan fingerprint density at radius 1 is 1.35 bits per heavy atom. The van der Waals surface area contributed by atoms with E-state index in [1.807, 2.05) is 17.2 Å². The SMILES string of the molecule is Nc1ccc2nc(CN3CCCCO3)oc2c1. The summed E-state index contributed by atoms with van der Waals surface area (Å²) in [4.78, 5) is 9.91. The predicted octanol–water partition coefficient (Wildman–Crippen LogP) is 1.94. The number of hydroxylamine groups is 2. The lowest BCUT2D eigenvalue weighted by molar-refractivity contribution is -0.190. The van der Waals surface area contributed by atoms with Gasteiger partial charge < -0.3 is 10.2 Å². The summed E-state index contributed by atoms with van der Waals surface area (Å²) in [6, 6.07) is 5.49. The monoisotopic (exact) mass is 233 g/mol. The summed E-state index contributed by atoms with van der Waals surface area (Å²) >= 11 is 0. The maximum absolute atomic E-state index is 5.69. The maximum atomic E-state index is 5.69. The van der Waals surface area contributed by atoms with E-state index in [1.54, 1.807) is 6.07 Å². The molecule has 1 aliphatic rings. The minimum absolute atomic E-state index is 0.592. The molecule has 1 saturated heterocycles. The van der Waals surface area contributed by atoms with E-state index in [0.29, 0.717) is 18.1 Å². The number of hydrogen-bond donors (Lipinski definition) is 1. The van der Waals surface area contributed by atoms with Crippen LogP contribution in [0.2, 0.25) is 0 Å². The van der Waals surface area contributed by atoms with Gasteiger partial charge >= 0.3 is 0 Å². The molecule has 0 amide bonds. The Balaban J connectivity index is 1.80. The average Bonchev–Trinajstić information content (AvgIpc) is 2.71. The summed E-state index contributed by atoms with van der Waals surface area (Å²) in [6.45, 7) is 2.31. The van der Waals surface area contributed by atoms with Crippen LogP contribution in [-0.2, 0) is 11.4 Å². The Hall–Kier alpha value is -1.59. The molecule has 2 N–H and O–H groups in total. The molecule has 1 aromatic carbocycles. The van der Waals surface area contributed by atoms with Crippen molar-refractivity contribution in [2.24, 2.45) is 0 Å². The van der Waals surface area contributed by atoms with Crippen molar-refractivity contribution in [1.29, 1.82) is 0 Å². The number of fused-ring (bicyclic) bond motifs is 1. The van der Waals surface area contributed by atoms with Gasteiger partial charge in [0.2, 0.25) is 5.89 Å². The van der Waals surface area contributed by atoms with Gasteiger partial charge in [-0.1, -0.05) is 0 Å². The summed E-state index contributed by atoms with van der Waals surface area (Å²) in [5, 5.41) is 1.90. The molecule has 2 aromatic rings. The number of nitrogens with zero attached hydrogens (tertiary/aromatic N) is 2. The van der Waals surface area contributed by atoms with Gasteiger partial charge in [0.15, 0.2) is 5.58 Å². The van der Waals surface area contributed by atoms with Gasteiger partial charge in [-0.2, -0.15) is 5.06 Å². The van der Waals surface area contributed by atoms with Crippen LogP contribution in [0.15, 0.2) is 22.6 Å². The van der Waals surface area contributed by atoms with Gasteiger partial charge in [0.05, 0.1) is 6.61 Å². The lowest BCUT2D eigenvalue weighted by atomic mass is 10.3. The molecule has 1 aliphatic heterocycles. The summed E-state index contributed by atoms with van der Waals surface area (Å²) in [7, 11) is 0. The molecule has 0 radical (unpaired) electrons. The van der Waals surface area contributed by atoms with Crippen LogP contribution in [0, 0.1) is 0 Å². The summed E-state index contributed by atoms with van der Waals surface area (Å²) in [6.07, 6.45) is 2.29. The summed E-state index contributed by atoms with van der Waals surface area (Å²) in [5.74, 6) is 0.674. The molecular formula is C12H15N3O2. The first-order chi connectivity index (χ1) is 8.31.